The van der Waals surface area contributed by atoms with Crippen molar-refractivity contribution in [1.29, 1.82) is 0 Å². The van der Waals surface area contributed by atoms with Gasteiger partial charge in [0.1, 0.15) is 0 Å². The van der Waals surface area contributed by atoms with Gasteiger partial charge in [-0.1, -0.05) is 37.1 Å². The van der Waals surface area contributed by atoms with Gasteiger partial charge in [-0.05, 0) is 37.1 Å². The summed E-state index contributed by atoms with van der Waals surface area (Å²) >= 11 is 5.89. The molecule has 20 heavy (non-hydrogen) atoms. The Balaban J connectivity index is 2.05. The Morgan fingerprint density at radius 2 is 2.10 bits per heavy atom. The summed E-state index contributed by atoms with van der Waals surface area (Å²) in [5.41, 5.74) is 0.915. The van der Waals surface area contributed by atoms with Crippen molar-refractivity contribution in [3.05, 3.63) is 34.9 Å². The number of rotatable bonds is 5. The highest BCUT2D eigenvalue weighted by Crippen LogP contribution is 2.33. The predicted molar refractivity (Wildman–Crippen MR) is 82.8 cm³/mol. The molecule has 1 unspecified atom stereocenters. The van der Waals surface area contributed by atoms with Gasteiger partial charge >= 0.3 is 0 Å². The van der Waals surface area contributed by atoms with Crippen molar-refractivity contribution >= 4 is 17.5 Å². The molecule has 1 amide bonds. The predicted octanol–water partition coefficient (Wildman–Crippen LogP) is 3.08. The number of nitrogens with one attached hydrogen (secondary N) is 1. The molecule has 0 radical (unpaired) electrons. The molecule has 110 valence electrons. The first-order chi connectivity index (χ1) is 9.57. The molecule has 1 atom stereocenters. The summed E-state index contributed by atoms with van der Waals surface area (Å²) in [6.07, 6.45) is 2.95. The fraction of sp³-hybridized carbons (Fsp3) is 0.562. The van der Waals surface area contributed by atoms with E-state index < -0.39 is 0 Å². The monoisotopic (exact) mass is 294 g/mol. The van der Waals surface area contributed by atoms with Crippen LogP contribution in [0.15, 0.2) is 24.3 Å². The number of carbonyl (C=O) groups excluding carboxylic acids is 1. The molecule has 1 N–H and O–H groups in total. The van der Waals surface area contributed by atoms with Gasteiger partial charge in [0.2, 0.25) is 5.91 Å². The summed E-state index contributed by atoms with van der Waals surface area (Å²) < 4.78 is 0. The SMILES string of the molecule is CCCC1(C(=O)N(C)Cc2ccc(Cl)cc2)CCNC1. The standard InChI is InChI=1S/C16H23ClN2O/c1-3-8-16(9-10-18-12-16)15(20)19(2)11-13-4-6-14(17)7-5-13/h4-7,18H,3,8-12H2,1-2H3. The van der Waals surface area contributed by atoms with Gasteiger partial charge in [-0.25, -0.2) is 0 Å². The largest absolute Gasteiger partial charge is 0.341 e. The molecular weight excluding hydrogens is 272 g/mol. The van der Waals surface area contributed by atoms with Gasteiger partial charge in [-0.3, -0.25) is 4.79 Å². The number of nitrogens with zero attached hydrogens (tertiary/aromatic N) is 1. The second-order valence-electron chi connectivity index (χ2n) is 5.74. The maximum Gasteiger partial charge on any atom is 0.230 e. The lowest BCUT2D eigenvalue weighted by molar-refractivity contribution is -0.140. The van der Waals surface area contributed by atoms with E-state index in [1.165, 1.54) is 0 Å². The Hall–Kier alpha value is -1.06. The quantitative estimate of drug-likeness (QED) is 0.905. The Morgan fingerprint density at radius 1 is 1.40 bits per heavy atom. The molecule has 3 nitrogen and oxygen atoms in total. The van der Waals surface area contributed by atoms with E-state index in [9.17, 15) is 4.79 Å². The van der Waals surface area contributed by atoms with E-state index in [0.717, 1.165) is 42.9 Å². The van der Waals surface area contributed by atoms with Crippen molar-refractivity contribution < 1.29 is 4.79 Å². The minimum atomic E-state index is -0.198. The number of amides is 1. The van der Waals surface area contributed by atoms with E-state index in [2.05, 4.69) is 12.2 Å². The lowest BCUT2D eigenvalue weighted by Crippen LogP contribution is -2.43. The van der Waals surface area contributed by atoms with Crippen molar-refractivity contribution in [2.24, 2.45) is 5.41 Å². The van der Waals surface area contributed by atoms with Crippen LogP contribution < -0.4 is 5.32 Å². The molecule has 4 heteroatoms. The van der Waals surface area contributed by atoms with Crippen molar-refractivity contribution in [1.82, 2.24) is 10.2 Å². The molecule has 1 aliphatic heterocycles. The molecule has 1 saturated heterocycles. The van der Waals surface area contributed by atoms with E-state index in [4.69, 9.17) is 11.6 Å². The average Bonchev–Trinajstić information content (AvgIpc) is 2.90. The van der Waals surface area contributed by atoms with Crippen LogP contribution in [0, 0.1) is 5.41 Å². The van der Waals surface area contributed by atoms with Gasteiger partial charge in [0.25, 0.3) is 0 Å². The number of benzene rings is 1. The second-order valence-corrected chi connectivity index (χ2v) is 6.18. The Labute approximate surface area is 126 Å². The lowest BCUT2D eigenvalue weighted by atomic mass is 9.81. The maximum absolute atomic E-state index is 12.8. The summed E-state index contributed by atoms with van der Waals surface area (Å²) in [7, 11) is 1.90. The summed E-state index contributed by atoms with van der Waals surface area (Å²) in [4.78, 5) is 14.6. The van der Waals surface area contributed by atoms with Gasteiger partial charge in [-0.2, -0.15) is 0 Å². The van der Waals surface area contributed by atoms with E-state index in [1.54, 1.807) is 0 Å². The van der Waals surface area contributed by atoms with Crippen LogP contribution in [0.4, 0.5) is 0 Å². The Morgan fingerprint density at radius 3 is 2.65 bits per heavy atom. The molecule has 0 aromatic heterocycles. The van der Waals surface area contributed by atoms with Crippen LogP contribution in [0.2, 0.25) is 5.02 Å². The molecule has 0 spiro atoms. The van der Waals surface area contributed by atoms with E-state index in [0.29, 0.717) is 6.54 Å². The molecule has 0 bridgehead atoms. The van der Waals surface area contributed by atoms with Crippen LogP contribution >= 0.6 is 11.6 Å². The van der Waals surface area contributed by atoms with Gasteiger partial charge in [0.15, 0.2) is 0 Å². The highest BCUT2D eigenvalue weighted by atomic mass is 35.5. The zero-order valence-corrected chi connectivity index (χ0v) is 13.0. The molecule has 1 aliphatic rings. The number of halogens is 1. The first kappa shape index (κ1) is 15.3. The molecule has 1 aromatic rings. The normalized spacial score (nSPS) is 21.9. The smallest absolute Gasteiger partial charge is 0.230 e. The third kappa shape index (κ3) is 3.33. The summed E-state index contributed by atoms with van der Waals surface area (Å²) in [6, 6.07) is 7.69. The van der Waals surface area contributed by atoms with Crippen molar-refractivity contribution in [2.45, 2.75) is 32.7 Å². The first-order valence-corrected chi connectivity index (χ1v) is 7.66. The molecular formula is C16H23ClN2O. The van der Waals surface area contributed by atoms with E-state index in [1.807, 2.05) is 36.2 Å². The zero-order chi connectivity index (χ0) is 14.6. The molecule has 0 saturated carbocycles. The van der Waals surface area contributed by atoms with Gasteiger partial charge in [0.05, 0.1) is 5.41 Å². The average molecular weight is 295 g/mol. The van der Waals surface area contributed by atoms with Gasteiger partial charge in [-0.15, -0.1) is 0 Å². The minimum absolute atomic E-state index is 0.198. The zero-order valence-electron chi connectivity index (χ0n) is 12.3. The van der Waals surface area contributed by atoms with Crippen molar-refractivity contribution in [2.75, 3.05) is 20.1 Å². The molecule has 1 aromatic carbocycles. The fourth-order valence-corrected chi connectivity index (χ4v) is 3.19. The van der Waals surface area contributed by atoms with E-state index in [-0.39, 0.29) is 11.3 Å². The van der Waals surface area contributed by atoms with Crippen LogP contribution in [0.3, 0.4) is 0 Å². The highest BCUT2D eigenvalue weighted by molar-refractivity contribution is 6.30. The summed E-state index contributed by atoms with van der Waals surface area (Å²) in [5, 5.41) is 4.07. The molecule has 2 rings (SSSR count). The van der Waals surface area contributed by atoms with Crippen LogP contribution in [-0.4, -0.2) is 30.9 Å². The number of hydrogen-bond donors (Lipinski definition) is 1. The van der Waals surface area contributed by atoms with E-state index >= 15 is 0 Å². The van der Waals surface area contributed by atoms with Crippen LogP contribution in [0.5, 0.6) is 0 Å². The third-order valence-corrected chi connectivity index (χ3v) is 4.36. The fourth-order valence-electron chi connectivity index (χ4n) is 3.07. The number of hydrogen-bond acceptors (Lipinski definition) is 2. The third-order valence-electron chi connectivity index (χ3n) is 4.11. The van der Waals surface area contributed by atoms with Gasteiger partial charge < -0.3 is 10.2 Å². The number of carbonyl (C=O) groups is 1. The second kappa shape index (κ2) is 6.59. The lowest BCUT2D eigenvalue weighted by Gasteiger charge is -2.31. The summed E-state index contributed by atoms with van der Waals surface area (Å²) in [6.45, 7) is 4.54. The topological polar surface area (TPSA) is 32.3 Å². The Kier molecular flexibility index (Phi) is 5.06. The van der Waals surface area contributed by atoms with Crippen LogP contribution in [-0.2, 0) is 11.3 Å². The van der Waals surface area contributed by atoms with Gasteiger partial charge in [0, 0.05) is 25.2 Å². The maximum atomic E-state index is 12.8. The van der Waals surface area contributed by atoms with Crippen molar-refractivity contribution in [3.8, 4) is 0 Å². The first-order valence-electron chi connectivity index (χ1n) is 7.28. The molecule has 1 heterocycles. The highest BCUT2D eigenvalue weighted by Gasteiger charge is 2.41. The molecule has 1 fully saturated rings. The summed E-state index contributed by atoms with van der Waals surface area (Å²) in [5.74, 6) is 0.263. The Bertz CT molecular complexity index is 452. The van der Waals surface area contributed by atoms with Crippen LogP contribution in [0.1, 0.15) is 31.7 Å². The van der Waals surface area contributed by atoms with Crippen LogP contribution in [0.25, 0.3) is 0 Å². The minimum Gasteiger partial charge on any atom is -0.341 e. The van der Waals surface area contributed by atoms with Crippen molar-refractivity contribution in [3.63, 3.8) is 0 Å². The molecule has 0 aliphatic carbocycles.